The van der Waals surface area contributed by atoms with Crippen molar-refractivity contribution in [1.82, 2.24) is 5.32 Å². The van der Waals surface area contributed by atoms with E-state index in [9.17, 15) is 19.5 Å². The summed E-state index contributed by atoms with van der Waals surface area (Å²) >= 11 is 18.9. The van der Waals surface area contributed by atoms with Crippen molar-refractivity contribution in [3.05, 3.63) is 159 Å². The molecule has 0 bridgehead atoms. The van der Waals surface area contributed by atoms with Gasteiger partial charge in [0.1, 0.15) is 6.04 Å². The van der Waals surface area contributed by atoms with Gasteiger partial charge in [-0.1, -0.05) is 120 Å². The Balaban J connectivity index is 1.41. The summed E-state index contributed by atoms with van der Waals surface area (Å²) in [4.78, 5) is 41.7. The minimum atomic E-state index is -1.25. The van der Waals surface area contributed by atoms with Crippen molar-refractivity contribution in [2.75, 3.05) is 11.4 Å². The topological polar surface area (TPSA) is 86.7 Å². The first-order chi connectivity index (χ1) is 22.7. The second kappa shape index (κ2) is 15.8. The molecule has 1 atom stereocenters. The van der Waals surface area contributed by atoms with Gasteiger partial charge in [-0.25, -0.2) is 4.79 Å². The second-order valence-electron chi connectivity index (χ2n) is 11.0. The minimum absolute atomic E-state index is 0.0478. The molecule has 5 rings (SSSR count). The molecule has 9 heteroatoms. The fraction of sp³-hybridized carbons (Fsp3) is 0.132. The Labute approximate surface area is 288 Å². The molecule has 47 heavy (non-hydrogen) atoms. The summed E-state index contributed by atoms with van der Waals surface area (Å²) in [6.07, 6.45) is 1.30. The summed E-state index contributed by atoms with van der Waals surface area (Å²) in [6.45, 7) is 0.241. The molecule has 0 aromatic heterocycles. The van der Waals surface area contributed by atoms with Crippen LogP contribution in [0.3, 0.4) is 0 Å². The van der Waals surface area contributed by atoms with Gasteiger partial charge < -0.3 is 15.3 Å². The van der Waals surface area contributed by atoms with Crippen molar-refractivity contribution in [3.63, 3.8) is 0 Å². The molecule has 0 saturated heterocycles. The predicted molar refractivity (Wildman–Crippen MR) is 189 cm³/mol. The fourth-order valence-electron chi connectivity index (χ4n) is 5.29. The molecule has 2 amide bonds. The highest BCUT2D eigenvalue weighted by molar-refractivity contribution is 6.37. The zero-order valence-corrected chi connectivity index (χ0v) is 27.5. The monoisotopic (exact) mass is 684 g/mol. The molecular formula is C38H31Cl3N2O4. The third-order valence-electron chi connectivity index (χ3n) is 7.70. The smallest absolute Gasteiger partial charge is 0.326 e. The standard InChI is InChI=1S/C38H31Cl3N2O4/c39-29-18-20-35(43(21-7-10-25-8-3-1-4-9-25)37(45)31-19-17-30(40)24-33(31)41)32(23-29)36(44)42-34(38(46)47)22-26-13-15-28(16-14-26)27-11-5-2-6-12-27/h1-6,8-9,11-20,23-24,34H,7,10,21-22H2,(H,42,44)(H,46,47)/t34-/m0/s1. The molecule has 0 heterocycles. The molecule has 0 aliphatic carbocycles. The lowest BCUT2D eigenvalue weighted by atomic mass is 10.0. The van der Waals surface area contributed by atoms with Gasteiger partial charge in [0.25, 0.3) is 11.8 Å². The van der Waals surface area contributed by atoms with Crippen LogP contribution in [0.15, 0.2) is 121 Å². The van der Waals surface area contributed by atoms with Crippen LogP contribution in [0.5, 0.6) is 0 Å². The zero-order chi connectivity index (χ0) is 33.3. The number of benzene rings is 5. The lowest BCUT2D eigenvalue weighted by Crippen LogP contribution is -2.43. The van der Waals surface area contributed by atoms with Crippen LogP contribution >= 0.6 is 34.8 Å². The number of carboxylic acids is 1. The zero-order valence-electron chi connectivity index (χ0n) is 25.2. The van der Waals surface area contributed by atoms with E-state index in [0.29, 0.717) is 17.9 Å². The van der Waals surface area contributed by atoms with Crippen molar-refractivity contribution >= 4 is 58.3 Å². The van der Waals surface area contributed by atoms with Gasteiger partial charge >= 0.3 is 5.97 Å². The van der Waals surface area contributed by atoms with Gasteiger partial charge in [-0.15, -0.1) is 0 Å². The molecule has 5 aromatic carbocycles. The largest absolute Gasteiger partial charge is 0.480 e. The number of carbonyl (C=O) groups is 3. The number of rotatable bonds is 12. The molecule has 2 N–H and O–H groups in total. The van der Waals surface area contributed by atoms with E-state index in [1.807, 2.05) is 84.9 Å². The number of hydrogen-bond acceptors (Lipinski definition) is 3. The molecular weight excluding hydrogens is 655 g/mol. The minimum Gasteiger partial charge on any atom is -0.480 e. The third-order valence-corrected chi connectivity index (χ3v) is 8.48. The molecule has 0 spiro atoms. The van der Waals surface area contributed by atoms with E-state index < -0.39 is 23.8 Å². The summed E-state index contributed by atoms with van der Waals surface area (Å²) < 4.78 is 0. The van der Waals surface area contributed by atoms with E-state index in [-0.39, 0.29) is 39.8 Å². The van der Waals surface area contributed by atoms with E-state index in [1.165, 1.54) is 23.1 Å². The molecule has 0 aliphatic heterocycles. The Kier molecular flexibility index (Phi) is 11.3. The Morgan fingerprint density at radius 3 is 1.96 bits per heavy atom. The Bertz CT molecular complexity index is 1870. The molecule has 5 aromatic rings. The van der Waals surface area contributed by atoms with Crippen LogP contribution in [-0.4, -0.2) is 35.5 Å². The molecule has 0 fully saturated rings. The van der Waals surface area contributed by atoms with E-state index >= 15 is 0 Å². The normalized spacial score (nSPS) is 11.5. The van der Waals surface area contributed by atoms with E-state index in [0.717, 1.165) is 22.3 Å². The second-order valence-corrected chi connectivity index (χ2v) is 12.2. The van der Waals surface area contributed by atoms with Gasteiger partial charge in [0.15, 0.2) is 0 Å². The highest BCUT2D eigenvalue weighted by atomic mass is 35.5. The Hall–Kier alpha value is -4.62. The van der Waals surface area contributed by atoms with Crippen molar-refractivity contribution in [2.45, 2.75) is 25.3 Å². The predicted octanol–water partition coefficient (Wildman–Crippen LogP) is 9.02. The number of nitrogens with one attached hydrogen (secondary N) is 1. The molecule has 238 valence electrons. The first kappa shape index (κ1) is 33.7. The van der Waals surface area contributed by atoms with E-state index in [1.54, 1.807) is 18.2 Å². The van der Waals surface area contributed by atoms with Crippen LogP contribution in [-0.2, 0) is 17.6 Å². The number of carboxylic acid groups (broad SMARTS) is 1. The van der Waals surface area contributed by atoms with Gasteiger partial charge in [0, 0.05) is 23.0 Å². The average molecular weight is 686 g/mol. The van der Waals surface area contributed by atoms with Crippen molar-refractivity contribution in [3.8, 4) is 11.1 Å². The summed E-state index contributed by atoms with van der Waals surface area (Å²) in [7, 11) is 0. The quantitative estimate of drug-likeness (QED) is 0.137. The first-order valence-electron chi connectivity index (χ1n) is 15.0. The number of hydrogen-bond donors (Lipinski definition) is 2. The van der Waals surface area contributed by atoms with E-state index in [4.69, 9.17) is 34.8 Å². The Morgan fingerprint density at radius 1 is 0.681 bits per heavy atom. The number of aryl methyl sites for hydroxylation is 1. The summed E-state index contributed by atoms with van der Waals surface area (Å²) in [5.74, 6) is -2.32. The van der Waals surface area contributed by atoms with Gasteiger partial charge in [0.05, 0.1) is 21.8 Å². The average Bonchev–Trinajstić information content (AvgIpc) is 3.07. The first-order valence-corrected chi connectivity index (χ1v) is 16.1. The number of halogens is 3. The lowest BCUT2D eigenvalue weighted by Gasteiger charge is -2.26. The van der Waals surface area contributed by atoms with Gasteiger partial charge in [-0.2, -0.15) is 0 Å². The van der Waals surface area contributed by atoms with E-state index in [2.05, 4.69) is 5.32 Å². The maximum absolute atomic E-state index is 14.0. The number of aliphatic carboxylic acids is 1. The van der Waals surface area contributed by atoms with Gasteiger partial charge in [0.2, 0.25) is 0 Å². The summed E-state index contributed by atoms with van der Waals surface area (Å²) in [5, 5.41) is 13.5. The highest BCUT2D eigenvalue weighted by Gasteiger charge is 2.28. The summed E-state index contributed by atoms with van der Waals surface area (Å²) in [6, 6.07) is 35.1. The number of amides is 2. The van der Waals surface area contributed by atoms with Crippen LogP contribution in [0.4, 0.5) is 5.69 Å². The van der Waals surface area contributed by atoms with Crippen LogP contribution < -0.4 is 10.2 Å². The van der Waals surface area contributed by atoms with Crippen molar-refractivity contribution < 1.29 is 19.5 Å². The molecule has 0 unspecified atom stereocenters. The molecule has 0 radical (unpaired) electrons. The van der Waals surface area contributed by atoms with Crippen molar-refractivity contribution in [1.29, 1.82) is 0 Å². The molecule has 6 nitrogen and oxygen atoms in total. The fourth-order valence-corrected chi connectivity index (χ4v) is 5.95. The number of anilines is 1. The van der Waals surface area contributed by atoms with Crippen molar-refractivity contribution in [2.24, 2.45) is 0 Å². The Morgan fingerprint density at radius 2 is 1.30 bits per heavy atom. The SMILES string of the molecule is O=C(N[C@@H](Cc1ccc(-c2ccccc2)cc1)C(=O)O)c1cc(Cl)ccc1N(CCCc1ccccc1)C(=O)c1ccc(Cl)cc1Cl. The van der Waals surface area contributed by atoms with Gasteiger partial charge in [-0.3, -0.25) is 9.59 Å². The molecule has 0 aliphatic rings. The van der Waals surface area contributed by atoms with Crippen LogP contribution in [0, 0.1) is 0 Å². The van der Waals surface area contributed by atoms with Gasteiger partial charge in [-0.05, 0) is 71.5 Å². The number of nitrogens with zero attached hydrogens (tertiary/aromatic N) is 1. The third kappa shape index (κ3) is 8.80. The maximum Gasteiger partial charge on any atom is 0.326 e. The molecule has 0 saturated carbocycles. The summed E-state index contributed by atoms with van der Waals surface area (Å²) in [5.41, 5.74) is 4.40. The lowest BCUT2D eigenvalue weighted by molar-refractivity contribution is -0.139. The van der Waals surface area contributed by atoms with Crippen LogP contribution in [0.25, 0.3) is 11.1 Å². The maximum atomic E-state index is 14.0. The number of carbonyl (C=O) groups excluding carboxylic acids is 2. The van der Waals surface area contributed by atoms with Crippen LogP contribution in [0.2, 0.25) is 15.1 Å². The van der Waals surface area contributed by atoms with Crippen LogP contribution in [0.1, 0.15) is 38.3 Å². The highest BCUT2D eigenvalue weighted by Crippen LogP contribution is 2.30.